The fourth-order valence-corrected chi connectivity index (χ4v) is 1.79. The van der Waals surface area contributed by atoms with Gasteiger partial charge in [0, 0.05) is 12.3 Å². The van der Waals surface area contributed by atoms with Crippen molar-refractivity contribution in [3.63, 3.8) is 0 Å². The quantitative estimate of drug-likeness (QED) is 0.729. The maximum atomic E-state index is 11.4. The molecule has 3 nitrogen and oxygen atoms in total. The van der Waals surface area contributed by atoms with Crippen LogP contribution in [0.25, 0.3) is 0 Å². The summed E-state index contributed by atoms with van der Waals surface area (Å²) in [6.07, 6.45) is 2.59. The predicted molar refractivity (Wildman–Crippen MR) is 66.3 cm³/mol. The lowest BCUT2D eigenvalue weighted by Crippen LogP contribution is -2.24. The van der Waals surface area contributed by atoms with Gasteiger partial charge in [-0.2, -0.15) is 0 Å². The van der Waals surface area contributed by atoms with Crippen LogP contribution in [-0.4, -0.2) is 12.5 Å². The minimum atomic E-state index is -0.477. The molecule has 0 aliphatic carbocycles. The van der Waals surface area contributed by atoms with Gasteiger partial charge in [-0.1, -0.05) is 31.0 Å². The standard InChI is InChI=1S/C14H15NO2/c1-2-3-4-9-14(16)17-15-11-10-12-7-5-6-8-13(12)15/h5-8H,2-3,10-11H2,1H3. The Labute approximate surface area is 101 Å². The van der Waals surface area contributed by atoms with Gasteiger partial charge in [0.1, 0.15) is 0 Å². The third kappa shape index (κ3) is 2.79. The topological polar surface area (TPSA) is 29.5 Å². The van der Waals surface area contributed by atoms with Crippen molar-refractivity contribution >= 4 is 11.7 Å². The second-order valence-electron chi connectivity index (χ2n) is 3.91. The van der Waals surface area contributed by atoms with E-state index in [0.717, 1.165) is 24.9 Å². The molecule has 88 valence electrons. The minimum Gasteiger partial charge on any atom is -0.328 e. The number of nitrogens with zero attached hydrogens (tertiary/aromatic N) is 1. The van der Waals surface area contributed by atoms with Gasteiger partial charge in [-0.05, 0) is 24.5 Å². The Morgan fingerprint density at radius 3 is 3.12 bits per heavy atom. The highest BCUT2D eigenvalue weighted by Crippen LogP contribution is 2.27. The number of unbranched alkanes of at least 4 members (excludes halogenated alkanes) is 1. The van der Waals surface area contributed by atoms with Gasteiger partial charge in [-0.15, -0.1) is 0 Å². The van der Waals surface area contributed by atoms with Gasteiger partial charge in [-0.25, -0.2) is 9.86 Å². The smallest absolute Gasteiger partial charge is 0.328 e. The number of fused-ring (bicyclic) bond motifs is 1. The number of carbonyl (C=O) groups is 1. The molecular weight excluding hydrogens is 214 g/mol. The van der Waals surface area contributed by atoms with Crippen LogP contribution in [0.2, 0.25) is 0 Å². The first-order chi connectivity index (χ1) is 8.31. The fourth-order valence-electron chi connectivity index (χ4n) is 1.79. The zero-order chi connectivity index (χ0) is 12.1. The second kappa shape index (κ2) is 5.40. The van der Waals surface area contributed by atoms with Crippen molar-refractivity contribution in [1.82, 2.24) is 0 Å². The summed E-state index contributed by atoms with van der Waals surface area (Å²) in [4.78, 5) is 16.7. The minimum absolute atomic E-state index is 0.477. The van der Waals surface area contributed by atoms with E-state index in [2.05, 4.69) is 11.8 Å². The fraction of sp³-hybridized carbons (Fsp3) is 0.357. The lowest BCUT2D eigenvalue weighted by Gasteiger charge is -2.15. The molecule has 1 aliphatic rings. The van der Waals surface area contributed by atoms with Gasteiger partial charge in [0.2, 0.25) is 0 Å². The number of hydroxylamine groups is 1. The maximum Gasteiger partial charge on any atom is 0.408 e. The second-order valence-corrected chi connectivity index (χ2v) is 3.91. The summed E-state index contributed by atoms with van der Waals surface area (Å²) in [5.41, 5.74) is 2.18. The highest BCUT2D eigenvalue weighted by molar-refractivity contribution is 5.89. The molecule has 0 fully saturated rings. The van der Waals surface area contributed by atoms with Crippen LogP contribution in [0.4, 0.5) is 5.69 Å². The van der Waals surface area contributed by atoms with Crippen LogP contribution >= 0.6 is 0 Å². The number of hydrogen-bond donors (Lipinski definition) is 0. The van der Waals surface area contributed by atoms with Crippen molar-refractivity contribution < 1.29 is 9.63 Å². The first kappa shape index (κ1) is 11.5. The van der Waals surface area contributed by atoms with Gasteiger partial charge in [-0.3, -0.25) is 0 Å². The molecule has 0 radical (unpaired) electrons. The summed E-state index contributed by atoms with van der Waals surface area (Å²) >= 11 is 0. The van der Waals surface area contributed by atoms with Crippen molar-refractivity contribution in [2.75, 3.05) is 11.6 Å². The molecule has 0 aromatic heterocycles. The number of benzene rings is 1. The molecule has 0 spiro atoms. The average Bonchev–Trinajstić information content (AvgIpc) is 2.73. The largest absolute Gasteiger partial charge is 0.408 e. The van der Waals surface area contributed by atoms with Crippen molar-refractivity contribution in [2.45, 2.75) is 26.2 Å². The third-order valence-corrected chi connectivity index (χ3v) is 2.60. The van der Waals surface area contributed by atoms with E-state index in [0.29, 0.717) is 6.54 Å². The van der Waals surface area contributed by atoms with Crippen molar-refractivity contribution in [1.29, 1.82) is 0 Å². The molecule has 3 heteroatoms. The summed E-state index contributed by atoms with van der Waals surface area (Å²) in [7, 11) is 0. The van der Waals surface area contributed by atoms with E-state index < -0.39 is 5.97 Å². The summed E-state index contributed by atoms with van der Waals surface area (Å²) in [6, 6.07) is 7.93. The molecule has 17 heavy (non-hydrogen) atoms. The maximum absolute atomic E-state index is 11.4. The Morgan fingerprint density at radius 2 is 2.29 bits per heavy atom. The number of carbonyl (C=O) groups excluding carboxylic acids is 1. The van der Waals surface area contributed by atoms with Crippen LogP contribution in [-0.2, 0) is 16.1 Å². The van der Waals surface area contributed by atoms with Gasteiger partial charge in [0.25, 0.3) is 0 Å². The van der Waals surface area contributed by atoms with Gasteiger partial charge < -0.3 is 4.84 Å². The third-order valence-electron chi connectivity index (χ3n) is 2.60. The Hall–Kier alpha value is -1.95. The summed E-state index contributed by atoms with van der Waals surface area (Å²) in [6.45, 7) is 2.73. The van der Waals surface area contributed by atoms with Gasteiger partial charge in [0.15, 0.2) is 0 Å². The monoisotopic (exact) mass is 229 g/mol. The molecule has 1 aliphatic heterocycles. The number of anilines is 1. The van der Waals surface area contributed by atoms with Crippen LogP contribution < -0.4 is 5.06 Å². The van der Waals surface area contributed by atoms with Crippen LogP contribution in [0.5, 0.6) is 0 Å². The SMILES string of the molecule is CCCC#CC(=O)ON1CCc2ccccc21. The van der Waals surface area contributed by atoms with E-state index in [9.17, 15) is 4.79 Å². The number of hydrogen-bond acceptors (Lipinski definition) is 3. The summed E-state index contributed by atoms with van der Waals surface area (Å²) in [5, 5.41) is 1.62. The van der Waals surface area contributed by atoms with Crippen molar-refractivity contribution in [3.05, 3.63) is 29.8 Å². The highest BCUT2D eigenvalue weighted by Gasteiger charge is 2.21. The molecule has 0 N–H and O–H groups in total. The van der Waals surface area contributed by atoms with E-state index in [1.165, 1.54) is 5.56 Å². The Morgan fingerprint density at radius 1 is 1.47 bits per heavy atom. The number of rotatable bonds is 2. The van der Waals surface area contributed by atoms with Crippen LogP contribution in [0.15, 0.2) is 24.3 Å². The Kier molecular flexibility index (Phi) is 3.66. The van der Waals surface area contributed by atoms with Crippen molar-refractivity contribution in [2.24, 2.45) is 0 Å². The highest BCUT2D eigenvalue weighted by atomic mass is 16.7. The molecule has 1 heterocycles. The van der Waals surface area contributed by atoms with E-state index in [4.69, 9.17) is 4.84 Å². The predicted octanol–water partition coefficient (Wildman–Crippen LogP) is 2.31. The van der Waals surface area contributed by atoms with E-state index >= 15 is 0 Å². The molecule has 1 aromatic rings. The van der Waals surface area contributed by atoms with Crippen LogP contribution in [0.1, 0.15) is 25.3 Å². The molecule has 2 rings (SSSR count). The lowest BCUT2D eigenvalue weighted by molar-refractivity contribution is -0.137. The average molecular weight is 229 g/mol. The number of para-hydroxylation sites is 1. The molecule has 0 saturated carbocycles. The first-order valence-corrected chi connectivity index (χ1v) is 5.87. The van der Waals surface area contributed by atoms with Crippen LogP contribution in [0, 0.1) is 11.8 Å². The molecule has 0 amide bonds. The normalized spacial score (nSPS) is 12.6. The Balaban J connectivity index is 1.98. The summed E-state index contributed by atoms with van der Waals surface area (Å²) in [5.74, 6) is 4.79. The molecule has 0 bridgehead atoms. The van der Waals surface area contributed by atoms with Crippen LogP contribution in [0.3, 0.4) is 0 Å². The molecular formula is C14H15NO2. The molecule has 0 saturated heterocycles. The first-order valence-electron chi connectivity index (χ1n) is 5.87. The van der Waals surface area contributed by atoms with E-state index in [1.807, 2.05) is 31.2 Å². The molecule has 0 unspecified atom stereocenters. The summed E-state index contributed by atoms with van der Waals surface area (Å²) < 4.78 is 0. The molecule has 1 aromatic carbocycles. The van der Waals surface area contributed by atoms with E-state index in [-0.39, 0.29) is 0 Å². The van der Waals surface area contributed by atoms with Gasteiger partial charge >= 0.3 is 5.97 Å². The van der Waals surface area contributed by atoms with Crippen molar-refractivity contribution in [3.8, 4) is 11.8 Å². The van der Waals surface area contributed by atoms with E-state index in [1.54, 1.807) is 5.06 Å². The zero-order valence-corrected chi connectivity index (χ0v) is 9.90. The Bertz CT molecular complexity index is 471. The lowest BCUT2D eigenvalue weighted by atomic mass is 10.2. The molecule has 0 atom stereocenters. The van der Waals surface area contributed by atoms with Gasteiger partial charge in [0.05, 0.1) is 12.2 Å². The zero-order valence-electron chi connectivity index (χ0n) is 9.90.